The standard InChI is InChI=1S/C60H96O6/c1-4-7-10-13-16-19-22-25-27-29-31-32-35-38-41-44-47-50-53-59(62)65-56-57(55-64-58(61)52-49-46-43-40-37-34-24-21-18-15-12-9-6-3)66-60(63)54-51-48-45-42-39-36-33-30-28-26-23-20-17-14-11-8-5-2/h16-17,19-20,22,25-29,31-34,36-37,42-43,45-46,57H,4-15,18,21,23-24,30,35,38-41,44,47-56H2,1-3H3/b19-16+,20-17+,25-22+,28-26+,29-27+,32-31+,36-33+,37-34+,45-42+,46-43+. The molecule has 0 N–H and O–H groups in total. The van der Waals surface area contributed by atoms with Gasteiger partial charge < -0.3 is 14.2 Å². The lowest BCUT2D eigenvalue weighted by molar-refractivity contribution is -0.166. The summed E-state index contributed by atoms with van der Waals surface area (Å²) in [5.74, 6) is -1.09. The van der Waals surface area contributed by atoms with E-state index < -0.39 is 6.10 Å². The molecule has 0 amide bonds. The lowest BCUT2D eigenvalue weighted by Gasteiger charge is -2.18. The van der Waals surface area contributed by atoms with E-state index in [4.69, 9.17) is 14.2 Å². The zero-order valence-electron chi connectivity index (χ0n) is 42.4. The van der Waals surface area contributed by atoms with Crippen molar-refractivity contribution in [1.29, 1.82) is 0 Å². The van der Waals surface area contributed by atoms with Crippen LogP contribution in [0, 0.1) is 0 Å². The largest absolute Gasteiger partial charge is 0.462 e. The van der Waals surface area contributed by atoms with Gasteiger partial charge in [0.15, 0.2) is 6.10 Å². The first-order chi connectivity index (χ1) is 32.5. The third-order valence-electron chi connectivity index (χ3n) is 10.8. The van der Waals surface area contributed by atoms with Crippen LogP contribution in [0.3, 0.4) is 0 Å². The summed E-state index contributed by atoms with van der Waals surface area (Å²) in [6.45, 7) is 6.43. The van der Waals surface area contributed by atoms with Crippen molar-refractivity contribution in [3.05, 3.63) is 122 Å². The lowest BCUT2D eigenvalue weighted by atomic mass is 10.1. The van der Waals surface area contributed by atoms with Crippen molar-refractivity contribution in [1.82, 2.24) is 0 Å². The van der Waals surface area contributed by atoms with Crippen LogP contribution < -0.4 is 0 Å². The summed E-state index contributed by atoms with van der Waals surface area (Å²) in [5, 5.41) is 0. The van der Waals surface area contributed by atoms with Gasteiger partial charge in [0.2, 0.25) is 0 Å². The van der Waals surface area contributed by atoms with Gasteiger partial charge in [-0.25, -0.2) is 0 Å². The van der Waals surface area contributed by atoms with E-state index in [0.29, 0.717) is 19.3 Å². The summed E-state index contributed by atoms with van der Waals surface area (Å²) in [5.41, 5.74) is 0. The molecular formula is C60H96O6. The molecule has 0 aromatic carbocycles. The SMILES string of the molecule is CCCCC/C=C/C=C/C=C/C=C/CCCCCCCC(=O)OCC(COC(=O)CC/C=C/C/C=C/CCCCCCCC)OC(=O)CCC/C=C/C/C=C/C/C=C/C/C=C/CCCCC. The first-order valence-electron chi connectivity index (χ1n) is 26.6. The Bertz CT molecular complexity index is 1420. The molecular weight excluding hydrogens is 817 g/mol. The van der Waals surface area contributed by atoms with E-state index in [2.05, 4.69) is 136 Å². The third kappa shape index (κ3) is 50.8. The molecule has 0 aromatic heterocycles. The van der Waals surface area contributed by atoms with Gasteiger partial charge in [0, 0.05) is 19.3 Å². The molecule has 0 fully saturated rings. The van der Waals surface area contributed by atoms with Crippen molar-refractivity contribution in [2.24, 2.45) is 0 Å². The fourth-order valence-electron chi connectivity index (χ4n) is 6.73. The number of esters is 3. The van der Waals surface area contributed by atoms with Crippen LogP contribution in [0.1, 0.15) is 220 Å². The molecule has 0 rings (SSSR count). The molecule has 0 radical (unpaired) electrons. The first-order valence-corrected chi connectivity index (χ1v) is 26.6. The summed E-state index contributed by atoms with van der Waals surface area (Å²) in [4.78, 5) is 38.0. The van der Waals surface area contributed by atoms with E-state index in [1.165, 1.54) is 83.5 Å². The van der Waals surface area contributed by atoms with Crippen LogP contribution in [0.2, 0.25) is 0 Å². The Morgan fingerprint density at radius 3 is 1.15 bits per heavy atom. The van der Waals surface area contributed by atoms with E-state index in [0.717, 1.165) is 83.5 Å². The van der Waals surface area contributed by atoms with Crippen LogP contribution in [-0.2, 0) is 28.6 Å². The highest BCUT2D eigenvalue weighted by atomic mass is 16.6. The molecule has 0 heterocycles. The zero-order chi connectivity index (χ0) is 47.9. The second kappa shape index (κ2) is 53.4. The maximum absolute atomic E-state index is 12.8. The fourth-order valence-corrected chi connectivity index (χ4v) is 6.73. The number of unbranched alkanes of at least 4 members (excludes halogenated alkanes) is 18. The first kappa shape index (κ1) is 61.8. The monoisotopic (exact) mass is 913 g/mol. The highest BCUT2D eigenvalue weighted by Crippen LogP contribution is 2.11. The van der Waals surface area contributed by atoms with Crippen molar-refractivity contribution in [2.45, 2.75) is 226 Å². The van der Waals surface area contributed by atoms with Crippen LogP contribution in [0.5, 0.6) is 0 Å². The summed E-state index contributed by atoms with van der Waals surface area (Å²) < 4.78 is 16.7. The van der Waals surface area contributed by atoms with E-state index in [1.807, 2.05) is 6.08 Å². The Morgan fingerprint density at radius 1 is 0.318 bits per heavy atom. The van der Waals surface area contributed by atoms with E-state index in [1.54, 1.807) is 0 Å². The molecule has 0 aliphatic heterocycles. The van der Waals surface area contributed by atoms with Gasteiger partial charge in [0.1, 0.15) is 13.2 Å². The molecule has 6 nitrogen and oxygen atoms in total. The fraction of sp³-hybridized carbons (Fsp3) is 0.617. The maximum atomic E-state index is 12.8. The Kier molecular flexibility index (Phi) is 50.0. The molecule has 0 saturated carbocycles. The molecule has 6 heteroatoms. The predicted molar refractivity (Wildman–Crippen MR) is 283 cm³/mol. The molecule has 66 heavy (non-hydrogen) atoms. The van der Waals surface area contributed by atoms with Gasteiger partial charge in [0.05, 0.1) is 0 Å². The van der Waals surface area contributed by atoms with Gasteiger partial charge in [-0.3, -0.25) is 14.4 Å². The van der Waals surface area contributed by atoms with E-state index >= 15 is 0 Å². The molecule has 0 saturated heterocycles. The molecule has 0 aliphatic rings. The van der Waals surface area contributed by atoms with Crippen LogP contribution in [0.4, 0.5) is 0 Å². The van der Waals surface area contributed by atoms with Crippen LogP contribution >= 0.6 is 0 Å². The van der Waals surface area contributed by atoms with Crippen LogP contribution in [-0.4, -0.2) is 37.2 Å². The number of ether oxygens (including phenoxy) is 3. The molecule has 0 aromatic rings. The molecule has 0 aliphatic carbocycles. The smallest absolute Gasteiger partial charge is 0.306 e. The van der Waals surface area contributed by atoms with Gasteiger partial charge in [0.25, 0.3) is 0 Å². The number of hydrogen-bond acceptors (Lipinski definition) is 6. The molecule has 1 unspecified atom stereocenters. The van der Waals surface area contributed by atoms with Crippen molar-refractivity contribution < 1.29 is 28.6 Å². The summed E-state index contributed by atoms with van der Waals surface area (Å²) in [6, 6.07) is 0. The van der Waals surface area contributed by atoms with Crippen molar-refractivity contribution in [3.63, 3.8) is 0 Å². The minimum atomic E-state index is -0.842. The maximum Gasteiger partial charge on any atom is 0.306 e. The lowest BCUT2D eigenvalue weighted by Crippen LogP contribution is -2.30. The van der Waals surface area contributed by atoms with Gasteiger partial charge in [-0.1, -0.05) is 219 Å². The van der Waals surface area contributed by atoms with E-state index in [9.17, 15) is 14.4 Å². The Labute approximate surface area is 405 Å². The Balaban J connectivity index is 4.60. The highest BCUT2D eigenvalue weighted by molar-refractivity contribution is 5.71. The predicted octanol–water partition coefficient (Wildman–Crippen LogP) is 17.7. The Morgan fingerprint density at radius 2 is 0.652 bits per heavy atom. The van der Waals surface area contributed by atoms with Crippen molar-refractivity contribution in [3.8, 4) is 0 Å². The van der Waals surface area contributed by atoms with Gasteiger partial charge in [-0.05, 0) is 103 Å². The second-order valence-electron chi connectivity index (χ2n) is 17.2. The van der Waals surface area contributed by atoms with Gasteiger partial charge >= 0.3 is 17.9 Å². The third-order valence-corrected chi connectivity index (χ3v) is 10.8. The topological polar surface area (TPSA) is 78.9 Å². The van der Waals surface area contributed by atoms with Crippen LogP contribution in [0.25, 0.3) is 0 Å². The Hall–Kier alpha value is -4.19. The highest BCUT2D eigenvalue weighted by Gasteiger charge is 2.19. The number of carbonyl (C=O) groups is 3. The van der Waals surface area contributed by atoms with Crippen LogP contribution in [0.15, 0.2) is 122 Å². The number of hydrogen-bond donors (Lipinski definition) is 0. The quantitative estimate of drug-likeness (QED) is 0.0199. The number of carbonyl (C=O) groups excluding carboxylic acids is 3. The summed E-state index contributed by atoms with van der Waals surface area (Å²) in [7, 11) is 0. The summed E-state index contributed by atoms with van der Waals surface area (Å²) >= 11 is 0. The zero-order valence-corrected chi connectivity index (χ0v) is 42.4. The van der Waals surface area contributed by atoms with Crippen molar-refractivity contribution in [2.75, 3.05) is 13.2 Å². The average Bonchev–Trinajstić information content (AvgIpc) is 3.31. The van der Waals surface area contributed by atoms with Crippen molar-refractivity contribution >= 4 is 17.9 Å². The number of rotatable bonds is 46. The average molecular weight is 913 g/mol. The normalized spacial score (nSPS) is 13.1. The van der Waals surface area contributed by atoms with E-state index in [-0.39, 0.29) is 44.0 Å². The second-order valence-corrected chi connectivity index (χ2v) is 17.2. The molecule has 0 spiro atoms. The minimum Gasteiger partial charge on any atom is -0.462 e. The molecule has 0 bridgehead atoms. The number of allylic oxidation sites excluding steroid dienone is 20. The summed E-state index contributed by atoms with van der Waals surface area (Å²) in [6.07, 6.45) is 73.4. The molecule has 372 valence electrons. The molecule has 1 atom stereocenters. The minimum absolute atomic E-state index is 0.133. The van der Waals surface area contributed by atoms with Gasteiger partial charge in [-0.2, -0.15) is 0 Å². The van der Waals surface area contributed by atoms with Gasteiger partial charge in [-0.15, -0.1) is 0 Å².